The van der Waals surface area contributed by atoms with Crippen LogP contribution in [-0.2, 0) is 9.59 Å². The van der Waals surface area contributed by atoms with Crippen LogP contribution in [0.1, 0.15) is 56.6 Å². The lowest BCUT2D eigenvalue weighted by Crippen LogP contribution is -2.43. The topological polar surface area (TPSA) is 102 Å². The molecule has 2 amide bonds. The van der Waals surface area contributed by atoms with Crippen LogP contribution >= 0.6 is 35.0 Å². The molecule has 0 radical (unpaired) electrons. The van der Waals surface area contributed by atoms with Gasteiger partial charge in [-0.3, -0.25) is 9.59 Å². The van der Waals surface area contributed by atoms with Gasteiger partial charge in [0.1, 0.15) is 0 Å². The number of hydrogen-bond donors (Lipinski definition) is 2. The smallest absolute Gasteiger partial charge is 0.234 e. The van der Waals surface area contributed by atoms with E-state index in [4.69, 9.17) is 23.2 Å². The van der Waals surface area contributed by atoms with Crippen molar-refractivity contribution < 1.29 is 9.59 Å². The molecule has 2 aliphatic rings. The fourth-order valence-corrected chi connectivity index (χ4v) is 4.99. The largest absolute Gasteiger partial charge is 0.340 e. The molecule has 2 N–H and O–H groups in total. The molecule has 38 heavy (non-hydrogen) atoms. The van der Waals surface area contributed by atoms with E-state index in [9.17, 15) is 9.59 Å². The number of thioether (sulfide) groups is 1. The van der Waals surface area contributed by atoms with Crippen LogP contribution < -0.4 is 10.6 Å². The maximum Gasteiger partial charge on any atom is 0.234 e. The molecule has 2 saturated carbocycles. The summed E-state index contributed by atoms with van der Waals surface area (Å²) >= 11 is 14.1. The van der Waals surface area contributed by atoms with Crippen LogP contribution in [0, 0.1) is 17.8 Å². The summed E-state index contributed by atoms with van der Waals surface area (Å²) in [6, 6.07) is 11.1. The van der Waals surface area contributed by atoms with Crippen LogP contribution in [-0.4, -0.2) is 43.3 Å². The molecular formula is C27H26Cl2N6O2S. The monoisotopic (exact) mass is 568 g/mol. The highest BCUT2D eigenvalue weighted by Crippen LogP contribution is 2.41. The van der Waals surface area contributed by atoms with Crippen LogP contribution in [0.2, 0.25) is 10.0 Å². The Bertz CT molecular complexity index is 1450. The second-order valence-electron chi connectivity index (χ2n) is 10.0. The highest BCUT2D eigenvalue weighted by molar-refractivity contribution is 7.99. The van der Waals surface area contributed by atoms with Crippen molar-refractivity contribution >= 4 is 52.5 Å². The van der Waals surface area contributed by atoms with E-state index in [2.05, 4.69) is 38.0 Å². The summed E-state index contributed by atoms with van der Waals surface area (Å²) in [4.78, 5) is 24.7. The molecule has 2 fully saturated rings. The molecule has 0 saturated heterocycles. The lowest BCUT2D eigenvalue weighted by Gasteiger charge is -2.19. The lowest BCUT2D eigenvalue weighted by molar-refractivity contribution is -0.123. The predicted octanol–water partition coefficient (Wildman–Crippen LogP) is 5.23. The van der Waals surface area contributed by atoms with E-state index < -0.39 is 5.54 Å². The fourth-order valence-electron chi connectivity index (χ4n) is 3.81. The number of tetrazole rings is 1. The van der Waals surface area contributed by atoms with Crippen molar-refractivity contribution in [1.29, 1.82) is 0 Å². The van der Waals surface area contributed by atoms with Crippen molar-refractivity contribution in [3.8, 4) is 17.5 Å². The summed E-state index contributed by atoms with van der Waals surface area (Å²) in [6.07, 6.45) is 4.26. The van der Waals surface area contributed by atoms with Crippen LogP contribution in [0.4, 0.5) is 5.69 Å². The first kappa shape index (κ1) is 26.5. The van der Waals surface area contributed by atoms with Crippen LogP contribution in [0.3, 0.4) is 0 Å². The molecule has 2 aromatic carbocycles. The number of amides is 2. The van der Waals surface area contributed by atoms with Gasteiger partial charge in [-0.1, -0.05) is 52.9 Å². The minimum Gasteiger partial charge on any atom is -0.340 e. The molecule has 1 aromatic heterocycles. The molecule has 3 aromatic rings. The summed E-state index contributed by atoms with van der Waals surface area (Å²) in [7, 11) is 0. The number of halogens is 2. The average Bonchev–Trinajstić information content (AvgIpc) is 3.80. The maximum atomic E-state index is 12.6. The fraction of sp³-hybridized carbons (Fsp3) is 0.370. The molecule has 196 valence electrons. The van der Waals surface area contributed by atoms with Gasteiger partial charge in [-0.15, -0.1) is 5.10 Å². The van der Waals surface area contributed by atoms with Gasteiger partial charge in [0.2, 0.25) is 17.0 Å². The second-order valence-corrected chi connectivity index (χ2v) is 11.8. The van der Waals surface area contributed by atoms with Gasteiger partial charge in [0.05, 0.1) is 32.7 Å². The van der Waals surface area contributed by atoms with Crippen molar-refractivity contribution in [2.75, 3.05) is 11.1 Å². The van der Waals surface area contributed by atoms with Crippen molar-refractivity contribution in [2.45, 2.75) is 56.1 Å². The SMILES string of the molecule is CC(C)(C#Cc1ccc(NC(=O)CSc2nnnn2-c2ccc(C3CC3)cc2Cl)c(Cl)c1)NC(=O)C1CC1. The summed E-state index contributed by atoms with van der Waals surface area (Å²) < 4.78 is 1.53. The molecular weight excluding hydrogens is 543 g/mol. The molecule has 0 aliphatic heterocycles. The summed E-state index contributed by atoms with van der Waals surface area (Å²) in [5, 5.41) is 19.0. The first-order chi connectivity index (χ1) is 18.2. The van der Waals surface area contributed by atoms with Gasteiger partial charge >= 0.3 is 0 Å². The van der Waals surface area contributed by atoms with Gasteiger partial charge in [-0.05, 0) is 91.8 Å². The van der Waals surface area contributed by atoms with Crippen molar-refractivity contribution in [3.63, 3.8) is 0 Å². The molecule has 1 heterocycles. The Morgan fingerprint density at radius 2 is 1.89 bits per heavy atom. The third-order valence-electron chi connectivity index (χ3n) is 6.17. The molecule has 8 nitrogen and oxygen atoms in total. The quantitative estimate of drug-likeness (QED) is 0.285. The highest BCUT2D eigenvalue weighted by atomic mass is 35.5. The zero-order valence-corrected chi connectivity index (χ0v) is 23.3. The predicted molar refractivity (Wildman–Crippen MR) is 149 cm³/mol. The molecule has 2 aliphatic carbocycles. The summed E-state index contributed by atoms with van der Waals surface area (Å²) in [6.45, 7) is 3.73. The number of hydrogen-bond acceptors (Lipinski definition) is 6. The molecule has 0 spiro atoms. The Kier molecular flexibility index (Phi) is 7.66. The maximum absolute atomic E-state index is 12.6. The summed E-state index contributed by atoms with van der Waals surface area (Å²) in [5.41, 5.74) is 2.38. The average molecular weight is 570 g/mol. The number of anilines is 1. The Labute approximate surface area is 235 Å². The number of nitrogens with zero attached hydrogens (tertiary/aromatic N) is 4. The van der Waals surface area contributed by atoms with Crippen LogP contribution in [0.15, 0.2) is 41.6 Å². The Morgan fingerprint density at radius 3 is 2.58 bits per heavy atom. The van der Waals surface area contributed by atoms with Gasteiger partial charge in [0.25, 0.3) is 0 Å². The van der Waals surface area contributed by atoms with E-state index in [0.717, 1.165) is 12.8 Å². The number of aromatic nitrogens is 4. The minimum absolute atomic E-state index is 0.0434. The highest BCUT2D eigenvalue weighted by Gasteiger charge is 2.32. The third-order valence-corrected chi connectivity index (χ3v) is 7.70. The Morgan fingerprint density at radius 1 is 1.11 bits per heavy atom. The number of carbonyl (C=O) groups excluding carboxylic acids is 2. The zero-order chi connectivity index (χ0) is 26.9. The molecule has 0 atom stereocenters. The third kappa shape index (κ3) is 6.68. The van der Waals surface area contributed by atoms with E-state index in [1.54, 1.807) is 18.2 Å². The summed E-state index contributed by atoms with van der Waals surface area (Å²) in [5.74, 6) is 6.71. The number of rotatable bonds is 8. The normalized spacial score (nSPS) is 14.9. The van der Waals surface area contributed by atoms with E-state index in [-0.39, 0.29) is 23.5 Å². The molecule has 0 bridgehead atoms. The Hall–Kier alpha value is -3.06. The van der Waals surface area contributed by atoms with Crippen molar-refractivity contribution in [3.05, 3.63) is 57.6 Å². The standard InChI is InChI=1S/C27H26Cl2N6O2S/c1-27(2,31-25(37)18-6-7-18)12-11-16-3-9-22(20(28)13-16)30-24(36)15-38-26-32-33-34-35(26)23-10-8-19(14-21(23)29)17-4-5-17/h3,8-10,13-14,17-18H,4-7,15H2,1-2H3,(H,30,36)(H,31,37). The zero-order valence-electron chi connectivity index (χ0n) is 20.9. The minimum atomic E-state index is -0.658. The first-order valence-corrected chi connectivity index (χ1v) is 14.1. The van der Waals surface area contributed by atoms with Gasteiger partial charge in [-0.2, -0.15) is 4.68 Å². The van der Waals surface area contributed by atoms with E-state index >= 15 is 0 Å². The van der Waals surface area contributed by atoms with Crippen LogP contribution in [0.5, 0.6) is 0 Å². The molecule has 11 heteroatoms. The second kappa shape index (κ2) is 11.0. The van der Waals surface area contributed by atoms with Crippen LogP contribution in [0.25, 0.3) is 5.69 Å². The van der Waals surface area contributed by atoms with Gasteiger partial charge < -0.3 is 10.6 Å². The molecule has 0 unspecified atom stereocenters. The van der Waals surface area contributed by atoms with E-state index in [1.807, 2.05) is 32.0 Å². The van der Waals surface area contributed by atoms with Gasteiger partial charge in [-0.25, -0.2) is 0 Å². The van der Waals surface area contributed by atoms with E-state index in [1.165, 1.54) is 34.8 Å². The van der Waals surface area contributed by atoms with Crippen molar-refractivity contribution in [2.24, 2.45) is 5.92 Å². The first-order valence-electron chi connectivity index (χ1n) is 12.3. The lowest BCUT2D eigenvalue weighted by atomic mass is 10.0. The van der Waals surface area contributed by atoms with Crippen molar-refractivity contribution in [1.82, 2.24) is 25.5 Å². The van der Waals surface area contributed by atoms with E-state index in [0.29, 0.717) is 38.1 Å². The van der Waals surface area contributed by atoms with Gasteiger partial charge in [0.15, 0.2) is 0 Å². The number of benzene rings is 2. The Balaban J connectivity index is 1.18. The van der Waals surface area contributed by atoms with Gasteiger partial charge in [0, 0.05) is 11.5 Å². The number of carbonyl (C=O) groups is 2. The molecule has 5 rings (SSSR count). The number of nitrogens with one attached hydrogen (secondary N) is 2.